The number of halogens is 1. The summed E-state index contributed by atoms with van der Waals surface area (Å²) < 4.78 is 26.8. The van der Waals surface area contributed by atoms with Gasteiger partial charge in [0.05, 0.1) is 23.4 Å². The van der Waals surface area contributed by atoms with Gasteiger partial charge in [0, 0.05) is 31.7 Å². The van der Waals surface area contributed by atoms with Crippen molar-refractivity contribution in [1.29, 1.82) is 5.26 Å². The molecule has 2 aromatic heterocycles. The second-order valence-corrected chi connectivity index (χ2v) is 8.11. The molecule has 33 heavy (non-hydrogen) atoms. The molecule has 0 radical (unpaired) electrons. The largest absolute Gasteiger partial charge is 0.486 e. The monoisotopic (exact) mass is 451 g/mol. The number of amides is 1. The summed E-state index contributed by atoms with van der Waals surface area (Å²) in [4.78, 5) is 17.1. The van der Waals surface area contributed by atoms with Crippen LogP contribution in [-0.2, 0) is 4.79 Å². The lowest BCUT2D eigenvalue weighted by atomic mass is 10.0. The molecule has 0 unspecified atom stereocenters. The summed E-state index contributed by atoms with van der Waals surface area (Å²) in [5.74, 6) is 1.05. The first kappa shape index (κ1) is 20.8. The van der Waals surface area contributed by atoms with E-state index in [1.165, 1.54) is 18.3 Å². The number of carbonyl (C=O) groups is 1. The molecule has 0 atom stereocenters. The molecule has 3 heterocycles. The average Bonchev–Trinajstić information content (AvgIpc) is 3.51. The summed E-state index contributed by atoms with van der Waals surface area (Å²) in [6, 6.07) is 6.58. The molecule has 0 bridgehead atoms. The number of ether oxygens (including phenoxy) is 2. The number of anilines is 4. The van der Waals surface area contributed by atoms with E-state index >= 15 is 0 Å². The fraction of sp³-hybridized carbons (Fsp3) is 0.364. The molecule has 10 nitrogen and oxygen atoms in total. The number of carbonyl (C=O) groups excluding carboxylic acids is 1. The molecule has 1 aromatic carbocycles. The van der Waals surface area contributed by atoms with E-state index in [2.05, 4.69) is 32.1 Å². The molecule has 1 fully saturated rings. The summed E-state index contributed by atoms with van der Waals surface area (Å²) in [6.07, 6.45) is 3.98. The van der Waals surface area contributed by atoms with Crippen LogP contribution < -0.4 is 25.4 Å². The van der Waals surface area contributed by atoms with Crippen molar-refractivity contribution in [2.75, 3.05) is 36.2 Å². The first-order chi connectivity index (χ1) is 16.0. The fourth-order valence-corrected chi connectivity index (χ4v) is 3.78. The zero-order chi connectivity index (χ0) is 23.0. The zero-order valence-corrected chi connectivity index (χ0v) is 17.9. The molecule has 1 aliphatic carbocycles. The minimum Gasteiger partial charge on any atom is -0.486 e. The number of nitrogens with one attached hydrogen (secondary N) is 3. The number of aromatic nitrogens is 3. The van der Waals surface area contributed by atoms with Crippen molar-refractivity contribution in [1.82, 2.24) is 14.6 Å². The third-order valence-electron chi connectivity index (χ3n) is 5.79. The van der Waals surface area contributed by atoms with Crippen LogP contribution in [0.1, 0.15) is 25.7 Å². The first-order valence-corrected chi connectivity index (χ1v) is 10.6. The number of fused-ring (bicyclic) bond motifs is 2. The fourth-order valence-electron chi connectivity index (χ4n) is 3.78. The summed E-state index contributed by atoms with van der Waals surface area (Å²) in [7, 11) is 1.73. The van der Waals surface area contributed by atoms with Crippen LogP contribution in [0, 0.1) is 22.6 Å². The Morgan fingerprint density at radius 2 is 2.09 bits per heavy atom. The van der Waals surface area contributed by atoms with E-state index in [1.54, 1.807) is 17.6 Å². The van der Waals surface area contributed by atoms with Gasteiger partial charge in [-0.25, -0.2) is 9.37 Å². The Labute approximate surface area is 188 Å². The molecule has 2 aliphatic rings. The summed E-state index contributed by atoms with van der Waals surface area (Å²) in [5, 5.41) is 22.5. The average molecular weight is 451 g/mol. The maximum absolute atomic E-state index is 14.1. The number of nitriles is 1. The van der Waals surface area contributed by atoms with Gasteiger partial charge in [0.15, 0.2) is 17.1 Å². The number of benzene rings is 1. The highest BCUT2D eigenvalue weighted by Crippen LogP contribution is 2.48. The lowest BCUT2D eigenvalue weighted by Gasteiger charge is -2.21. The van der Waals surface area contributed by atoms with E-state index in [-0.39, 0.29) is 17.7 Å². The first-order valence-electron chi connectivity index (χ1n) is 10.6. The van der Waals surface area contributed by atoms with E-state index in [1.807, 2.05) is 0 Å². The van der Waals surface area contributed by atoms with Crippen LogP contribution in [0.15, 0.2) is 24.4 Å². The van der Waals surface area contributed by atoms with Crippen molar-refractivity contribution in [3.8, 4) is 17.6 Å². The SMILES string of the molecule is CNc1cc(Nc2cc(F)cc3c2OCCO3)nc2c(NC(=O)CCC3(C#N)CC3)cnn12. The van der Waals surface area contributed by atoms with E-state index in [0.29, 0.717) is 59.8 Å². The zero-order valence-electron chi connectivity index (χ0n) is 17.9. The highest BCUT2D eigenvalue weighted by molar-refractivity contribution is 5.94. The van der Waals surface area contributed by atoms with Crippen LogP contribution in [0.25, 0.3) is 5.65 Å². The summed E-state index contributed by atoms with van der Waals surface area (Å²) >= 11 is 0. The van der Waals surface area contributed by atoms with Crippen molar-refractivity contribution < 1.29 is 18.7 Å². The Morgan fingerprint density at radius 1 is 1.27 bits per heavy atom. The van der Waals surface area contributed by atoms with E-state index in [4.69, 9.17) is 9.47 Å². The van der Waals surface area contributed by atoms with Gasteiger partial charge in [0.25, 0.3) is 0 Å². The van der Waals surface area contributed by atoms with Crippen LogP contribution in [0.5, 0.6) is 11.5 Å². The molecule has 0 spiro atoms. The van der Waals surface area contributed by atoms with Crippen molar-refractivity contribution in [3.63, 3.8) is 0 Å². The van der Waals surface area contributed by atoms with Gasteiger partial charge in [0.1, 0.15) is 36.4 Å². The maximum Gasteiger partial charge on any atom is 0.224 e. The van der Waals surface area contributed by atoms with E-state index < -0.39 is 5.82 Å². The highest BCUT2D eigenvalue weighted by atomic mass is 19.1. The lowest BCUT2D eigenvalue weighted by molar-refractivity contribution is -0.116. The molecule has 3 aromatic rings. The minimum atomic E-state index is -0.472. The van der Waals surface area contributed by atoms with Gasteiger partial charge in [0.2, 0.25) is 5.91 Å². The highest BCUT2D eigenvalue weighted by Gasteiger charge is 2.42. The van der Waals surface area contributed by atoms with Crippen molar-refractivity contribution in [3.05, 3.63) is 30.2 Å². The lowest BCUT2D eigenvalue weighted by Crippen LogP contribution is -2.17. The molecule has 0 saturated heterocycles. The Hall–Kier alpha value is -4.07. The predicted octanol–water partition coefficient (Wildman–Crippen LogP) is 3.45. The van der Waals surface area contributed by atoms with Crippen LogP contribution in [0.3, 0.4) is 0 Å². The maximum atomic E-state index is 14.1. The van der Waals surface area contributed by atoms with Crippen molar-refractivity contribution in [2.24, 2.45) is 5.41 Å². The molecule has 1 saturated carbocycles. The Bertz CT molecular complexity index is 1280. The number of hydrogen-bond acceptors (Lipinski definition) is 8. The topological polar surface area (TPSA) is 126 Å². The molecule has 3 N–H and O–H groups in total. The predicted molar refractivity (Wildman–Crippen MR) is 118 cm³/mol. The number of rotatable bonds is 7. The van der Waals surface area contributed by atoms with Crippen LogP contribution in [0.2, 0.25) is 0 Å². The molecule has 11 heteroatoms. The van der Waals surface area contributed by atoms with E-state index in [0.717, 1.165) is 12.8 Å². The number of nitrogens with zero attached hydrogens (tertiary/aromatic N) is 4. The van der Waals surface area contributed by atoms with Crippen molar-refractivity contribution >= 4 is 34.6 Å². The van der Waals surface area contributed by atoms with Gasteiger partial charge in [-0.05, 0) is 19.3 Å². The van der Waals surface area contributed by atoms with Crippen LogP contribution in [0.4, 0.5) is 27.4 Å². The Kier molecular flexibility index (Phi) is 5.12. The quantitative estimate of drug-likeness (QED) is 0.499. The molecule has 170 valence electrons. The molecule has 1 amide bonds. The normalized spacial score (nSPS) is 15.5. The standard InChI is InChI=1S/C22H22FN7O3/c1-25-18-10-17(27-14-8-13(23)9-16-20(14)33-7-6-32-16)29-21-15(11-26-30(18)21)28-19(31)2-3-22(12-24)4-5-22/h8-11,25H,2-7H2,1H3,(H,27,29)(H,28,31). The van der Waals surface area contributed by atoms with Gasteiger partial charge >= 0.3 is 0 Å². The second kappa shape index (κ2) is 8.12. The van der Waals surface area contributed by atoms with Gasteiger partial charge in [-0.2, -0.15) is 14.9 Å². The third-order valence-corrected chi connectivity index (χ3v) is 5.79. The smallest absolute Gasteiger partial charge is 0.224 e. The minimum absolute atomic E-state index is 0.206. The Balaban J connectivity index is 1.42. The van der Waals surface area contributed by atoms with Crippen LogP contribution in [-0.4, -0.2) is 40.8 Å². The van der Waals surface area contributed by atoms with Crippen LogP contribution >= 0.6 is 0 Å². The summed E-state index contributed by atoms with van der Waals surface area (Å²) in [6.45, 7) is 0.700. The van der Waals surface area contributed by atoms with Crippen molar-refractivity contribution in [2.45, 2.75) is 25.7 Å². The Morgan fingerprint density at radius 3 is 2.85 bits per heavy atom. The molecule has 1 aliphatic heterocycles. The van der Waals surface area contributed by atoms with Gasteiger partial charge in [-0.15, -0.1) is 0 Å². The van der Waals surface area contributed by atoms with Gasteiger partial charge in [-0.1, -0.05) is 0 Å². The third kappa shape index (κ3) is 4.07. The van der Waals surface area contributed by atoms with Gasteiger partial charge < -0.3 is 25.4 Å². The number of hydrogen-bond donors (Lipinski definition) is 3. The molecular weight excluding hydrogens is 429 g/mol. The molecular formula is C22H22FN7O3. The van der Waals surface area contributed by atoms with Gasteiger partial charge in [-0.3, -0.25) is 4.79 Å². The summed E-state index contributed by atoms with van der Waals surface area (Å²) in [5.41, 5.74) is 0.868. The van der Waals surface area contributed by atoms with E-state index in [9.17, 15) is 14.4 Å². The molecule has 5 rings (SSSR count). The second-order valence-electron chi connectivity index (χ2n) is 8.11.